The van der Waals surface area contributed by atoms with E-state index in [1.807, 2.05) is 55.1 Å². The second-order valence-electron chi connectivity index (χ2n) is 6.60. The first kappa shape index (κ1) is 18.2. The number of aromatic nitrogens is 1. The van der Waals surface area contributed by atoms with Crippen molar-refractivity contribution in [1.82, 2.24) is 9.88 Å². The van der Waals surface area contributed by atoms with Gasteiger partial charge in [0.25, 0.3) is 5.91 Å². The second kappa shape index (κ2) is 7.74. The van der Waals surface area contributed by atoms with Crippen molar-refractivity contribution in [3.63, 3.8) is 0 Å². The van der Waals surface area contributed by atoms with Crippen LogP contribution in [0, 0.1) is 6.92 Å². The van der Waals surface area contributed by atoms with E-state index in [1.165, 1.54) is 0 Å². The Morgan fingerprint density at radius 1 is 1.31 bits per heavy atom. The van der Waals surface area contributed by atoms with E-state index in [1.54, 1.807) is 19.2 Å². The molecule has 6 heteroatoms. The normalized spacial score (nSPS) is 17.1. The van der Waals surface area contributed by atoms with E-state index in [-0.39, 0.29) is 12.0 Å². The van der Waals surface area contributed by atoms with Gasteiger partial charge in [0.1, 0.15) is 11.9 Å². The highest BCUT2D eigenvalue weighted by Gasteiger charge is 2.28. The summed E-state index contributed by atoms with van der Waals surface area (Å²) in [5.41, 5.74) is 3.43. The zero-order valence-electron chi connectivity index (χ0n) is 15.7. The van der Waals surface area contributed by atoms with Crippen LogP contribution in [0.15, 0.2) is 36.4 Å². The van der Waals surface area contributed by atoms with Gasteiger partial charge in [0, 0.05) is 32.0 Å². The highest BCUT2D eigenvalue weighted by atomic mass is 16.5. The van der Waals surface area contributed by atoms with E-state index in [0.29, 0.717) is 31.0 Å². The fourth-order valence-corrected chi connectivity index (χ4v) is 3.10. The van der Waals surface area contributed by atoms with Crippen molar-refractivity contribution in [3.05, 3.63) is 53.3 Å². The lowest BCUT2D eigenvalue weighted by molar-refractivity contribution is -0.0248. The molecular weight excluding hydrogens is 330 g/mol. The number of methoxy groups -OCH3 is 1. The van der Waals surface area contributed by atoms with Crippen LogP contribution in [0.2, 0.25) is 0 Å². The number of hydrogen-bond acceptors (Lipinski definition) is 5. The van der Waals surface area contributed by atoms with Gasteiger partial charge in [-0.1, -0.05) is 12.1 Å². The zero-order chi connectivity index (χ0) is 18.7. The molecular formula is C20H25N3O3. The molecule has 1 fully saturated rings. The summed E-state index contributed by atoms with van der Waals surface area (Å²) in [6.45, 7) is 3.48. The molecule has 0 saturated carbocycles. The van der Waals surface area contributed by atoms with Crippen molar-refractivity contribution in [1.29, 1.82) is 0 Å². The van der Waals surface area contributed by atoms with Gasteiger partial charge in [0.2, 0.25) is 0 Å². The number of rotatable bonds is 4. The smallest absolute Gasteiger partial charge is 0.257 e. The van der Waals surface area contributed by atoms with E-state index in [2.05, 4.69) is 4.98 Å². The number of carbonyl (C=O) groups excluding carboxylic acids is 1. The van der Waals surface area contributed by atoms with Crippen molar-refractivity contribution < 1.29 is 14.3 Å². The maximum atomic E-state index is 13.0. The first-order valence-corrected chi connectivity index (χ1v) is 8.69. The van der Waals surface area contributed by atoms with Crippen molar-refractivity contribution in [2.75, 3.05) is 45.8 Å². The van der Waals surface area contributed by atoms with Gasteiger partial charge in [-0.15, -0.1) is 0 Å². The Morgan fingerprint density at radius 2 is 2.08 bits per heavy atom. The number of carbonyl (C=O) groups is 1. The van der Waals surface area contributed by atoms with E-state index < -0.39 is 0 Å². The fourth-order valence-electron chi connectivity index (χ4n) is 3.10. The highest BCUT2D eigenvalue weighted by molar-refractivity contribution is 5.97. The Balaban J connectivity index is 1.82. The van der Waals surface area contributed by atoms with Gasteiger partial charge < -0.3 is 19.3 Å². The maximum absolute atomic E-state index is 13.0. The van der Waals surface area contributed by atoms with Crippen molar-refractivity contribution in [3.8, 4) is 5.75 Å². The average molecular weight is 355 g/mol. The Bertz CT molecular complexity index is 792. The highest BCUT2D eigenvalue weighted by Crippen LogP contribution is 2.27. The van der Waals surface area contributed by atoms with Gasteiger partial charge in [0.15, 0.2) is 0 Å². The molecule has 1 aromatic heterocycles. The monoisotopic (exact) mass is 355 g/mol. The number of nitrogens with zero attached hydrogens (tertiary/aromatic N) is 3. The molecule has 138 valence electrons. The zero-order valence-corrected chi connectivity index (χ0v) is 15.7. The van der Waals surface area contributed by atoms with Crippen LogP contribution in [0.1, 0.15) is 27.8 Å². The van der Waals surface area contributed by atoms with Crippen LogP contribution in [0.3, 0.4) is 0 Å². The predicted octanol–water partition coefficient (Wildman–Crippen LogP) is 2.68. The summed E-state index contributed by atoms with van der Waals surface area (Å²) in [6, 6.07) is 11.4. The van der Waals surface area contributed by atoms with Crippen molar-refractivity contribution >= 4 is 11.6 Å². The Kier molecular flexibility index (Phi) is 5.42. The number of ether oxygens (including phenoxy) is 2. The SMILES string of the molecule is COc1ccccc1C(=O)N1CCO[C@H](c2cc(N(C)C)cc(C)n2)C1. The molecule has 6 nitrogen and oxygen atoms in total. The summed E-state index contributed by atoms with van der Waals surface area (Å²) >= 11 is 0. The molecule has 1 aromatic carbocycles. The summed E-state index contributed by atoms with van der Waals surface area (Å²) in [7, 11) is 5.57. The van der Waals surface area contributed by atoms with Crippen LogP contribution >= 0.6 is 0 Å². The Morgan fingerprint density at radius 3 is 2.81 bits per heavy atom. The molecule has 0 spiro atoms. The van der Waals surface area contributed by atoms with Crippen LogP contribution in [0.5, 0.6) is 5.75 Å². The van der Waals surface area contributed by atoms with Crippen LogP contribution in [-0.4, -0.2) is 56.7 Å². The molecule has 0 radical (unpaired) electrons. The minimum atomic E-state index is -0.235. The van der Waals surface area contributed by atoms with E-state index in [9.17, 15) is 4.79 Å². The van der Waals surface area contributed by atoms with E-state index >= 15 is 0 Å². The lowest BCUT2D eigenvalue weighted by Gasteiger charge is -2.33. The third-order valence-corrected chi connectivity index (χ3v) is 4.50. The number of aryl methyl sites for hydroxylation is 1. The van der Waals surface area contributed by atoms with Crippen LogP contribution in [0.4, 0.5) is 5.69 Å². The molecule has 1 aliphatic rings. The molecule has 2 heterocycles. The quantitative estimate of drug-likeness (QED) is 0.844. The number of para-hydroxylation sites is 1. The number of benzene rings is 1. The van der Waals surface area contributed by atoms with Gasteiger partial charge in [-0.05, 0) is 31.2 Å². The van der Waals surface area contributed by atoms with Gasteiger partial charge in [-0.2, -0.15) is 0 Å². The van der Waals surface area contributed by atoms with Gasteiger partial charge in [0.05, 0.1) is 31.5 Å². The molecule has 1 amide bonds. The third-order valence-electron chi connectivity index (χ3n) is 4.50. The first-order valence-electron chi connectivity index (χ1n) is 8.69. The van der Waals surface area contributed by atoms with Crippen LogP contribution in [0.25, 0.3) is 0 Å². The number of amides is 1. The van der Waals surface area contributed by atoms with Gasteiger partial charge in [-0.3, -0.25) is 9.78 Å². The summed E-state index contributed by atoms with van der Waals surface area (Å²) in [5.74, 6) is 0.542. The molecule has 0 aliphatic carbocycles. The van der Waals surface area contributed by atoms with Gasteiger partial charge in [-0.25, -0.2) is 0 Å². The lowest BCUT2D eigenvalue weighted by atomic mass is 10.1. The minimum Gasteiger partial charge on any atom is -0.496 e. The largest absolute Gasteiger partial charge is 0.496 e. The van der Waals surface area contributed by atoms with Crippen molar-refractivity contribution in [2.45, 2.75) is 13.0 Å². The van der Waals surface area contributed by atoms with Crippen LogP contribution < -0.4 is 9.64 Å². The molecule has 1 saturated heterocycles. The van der Waals surface area contributed by atoms with Gasteiger partial charge >= 0.3 is 0 Å². The van der Waals surface area contributed by atoms with E-state index in [4.69, 9.17) is 9.47 Å². The molecule has 1 aliphatic heterocycles. The van der Waals surface area contributed by atoms with Crippen LogP contribution in [-0.2, 0) is 4.74 Å². The summed E-state index contributed by atoms with van der Waals surface area (Å²) < 4.78 is 11.3. The molecule has 2 aromatic rings. The molecule has 0 bridgehead atoms. The lowest BCUT2D eigenvalue weighted by Crippen LogP contribution is -2.42. The molecule has 1 atom stereocenters. The maximum Gasteiger partial charge on any atom is 0.257 e. The summed E-state index contributed by atoms with van der Waals surface area (Å²) in [6.07, 6.45) is -0.235. The molecule has 0 unspecified atom stereocenters. The first-order chi connectivity index (χ1) is 12.5. The number of morpholine rings is 1. The number of hydrogen-bond donors (Lipinski definition) is 0. The standard InChI is InChI=1S/C20H25N3O3/c1-14-11-15(22(2)3)12-17(21-14)19-13-23(9-10-26-19)20(24)16-7-5-6-8-18(16)25-4/h5-8,11-12,19H,9-10,13H2,1-4H3/t19-/m0/s1. The summed E-state index contributed by atoms with van der Waals surface area (Å²) in [5, 5.41) is 0. The number of anilines is 1. The molecule has 0 N–H and O–H groups in total. The topological polar surface area (TPSA) is 54.9 Å². The third kappa shape index (κ3) is 3.80. The number of pyridine rings is 1. The molecule has 3 rings (SSSR count). The minimum absolute atomic E-state index is 0.0452. The Labute approximate surface area is 154 Å². The molecule has 26 heavy (non-hydrogen) atoms. The second-order valence-corrected chi connectivity index (χ2v) is 6.60. The predicted molar refractivity (Wildman–Crippen MR) is 101 cm³/mol. The Hall–Kier alpha value is -2.60. The summed E-state index contributed by atoms with van der Waals surface area (Å²) in [4.78, 5) is 21.4. The van der Waals surface area contributed by atoms with Crippen molar-refractivity contribution in [2.24, 2.45) is 0 Å². The average Bonchev–Trinajstić information content (AvgIpc) is 2.67. The van der Waals surface area contributed by atoms with E-state index in [0.717, 1.165) is 17.1 Å². The fraction of sp³-hybridized carbons (Fsp3) is 0.400.